The van der Waals surface area contributed by atoms with E-state index in [0.29, 0.717) is 5.75 Å². The summed E-state index contributed by atoms with van der Waals surface area (Å²) < 4.78 is 0. The normalized spacial score (nSPS) is 8.85. The standard InChI is InChI=1S/C8H11NO3S/c1-2-4-9-7(10)6-13-5-3-8(11)12/h1H,3-6H2,(H,9,10)(H,11,12). The van der Waals surface area contributed by atoms with Gasteiger partial charge in [-0.3, -0.25) is 9.59 Å². The van der Waals surface area contributed by atoms with Crippen molar-refractivity contribution in [2.75, 3.05) is 18.1 Å². The number of carbonyl (C=O) groups excluding carboxylic acids is 1. The number of nitrogens with one attached hydrogen (secondary N) is 1. The quantitative estimate of drug-likeness (QED) is 0.467. The van der Waals surface area contributed by atoms with Gasteiger partial charge in [0, 0.05) is 5.75 Å². The molecule has 2 N–H and O–H groups in total. The van der Waals surface area contributed by atoms with E-state index in [1.54, 1.807) is 0 Å². The van der Waals surface area contributed by atoms with Gasteiger partial charge in [0.05, 0.1) is 18.7 Å². The van der Waals surface area contributed by atoms with Crippen molar-refractivity contribution >= 4 is 23.6 Å². The first kappa shape index (κ1) is 11.8. The summed E-state index contributed by atoms with van der Waals surface area (Å²) in [6, 6.07) is 0. The molecule has 0 radical (unpaired) electrons. The van der Waals surface area contributed by atoms with Crippen LogP contribution in [-0.4, -0.2) is 35.0 Å². The Hall–Kier alpha value is -1.15. The fraction of sp³-hybridized carbons (Fsp3) is 0.500. The van der Waals surface area contributed by atoms with Crippen LogP contribution in [0, 0.1) is 12.3 Å². The van der Waals surface area contributed by atoms with Crippen molar-refractivity contribution < 1.29 is 14.7 Å². The van der Waals surface area contributed by atoms with E-state index in [1.807, 2.05) is 0 Å². The minimum absolute atomic E-state index is 0.0765. The molecule has 0 aliphatic heterocycles. The first-order valence-corrected chi connectivity index (χ1v) is 4.82. The summed E-state index contributed by atoms with van der Waals surface area (Å²) in [6.07, 6.45) is 5.00. The molecule has 0 fully saturated rings. The summed E-state index contributed by atoms with van der Waals surface area (Å²) in [5, 5.41) is 10.8. The van der Waals surface area contributed by atoms with Gasteiger partial charge < -0.3 is 10.4 Å². The molecule has 1 amide bonds. The van der Waals surface area contributed by atoms with E-state index in [9.17, 15) is 9.59 Å². The molecular formula is C8H11NO3S. The summed E-state index contributed by atoms with van der Waals surface area (Å²) in [6.45, 7) is 0.221. The molecular weight excluding hydrogens is 190 g/mol. The predicted octanol–water partition coefficient (Wildman–Crippen LogP) is -0.0563. The van der Waals surface area contributed by atoms with Crippen LogP contribution in [0.4, 0.5) is 0 Å². The molecule has 0 heterocycles. The molecule has 0 aromatic rings. The van der Waals surface area contributed by atoms with Crippen LogP contribution >= 0.6 is 11.8 Å². The minimum atomic E-state index is -0.850. The summed E-state index contributed by atoms with van der Waals surface area (Å²) in [4.78, 5) is 20.9. The van der Waals surface area contributed by atoms with E-state index in [2.05, 4.69) is 11.2 Å². The van der Waals surface area contributed by atoms with Crippen molar-refractivity contribution in [2.45, 2.75) is 6.42 Å². The number of carboxylic acids is 1. The third-order valence-electron chi connectivity index (χ3n) is 1.08. The van der Waals surface area contributed by atoms with Gasteiger partial charge in [0.2, 0.25) is 5.91 Å². The second-order valence-corrected chi connectivity index (χ2v) is 3.28. The van der Waals surface area contributed by atoms with Crippen molar-refractivity contribution in [3.05, 3.63) is 0 Å². The van der Waals surface area contributed by atoms with Gasteiger partial charge in [0.25, 0.3) is 0 Å². The molecule has 5 heteroatoms. The Kier molecular flexibility index (Phi) is 6.83. The number of aliphatic carboxylic acids is 1. The summed E-state index contributed by atoms with van der Waals surface area (Å²) in [5.41, 5.74) is 0. The zero-order chi connectivity index (χ0) is 10.1. The zero-order valence-corrected chi connectivity index (χ0v) is 7.89. The zero-order valence-electron chi connectivity index (χ0n) is 7.08. The first-order valence-electron chi connectivity index (χ1n) is 3.66. The SMILES string of the molecule is C#CCNC(=O)CSCCC(=O)O. The molecule has 0 atom stereocenters. The largest absolute Gasteiger partial charge is 0.481 e. The molecule has 0 aromatic carbocycles. The fourth-order valence-corrected chi connectivity index (χ4v) is 1.28. The number of carbonyl (C=O) groups is 2. The van der Waals surface area contributed by atoms with Crippen LogP contribution in [0.2, 0.25) is 0 Å². The number of amides is 1. The van der Waals surface area contributed by atoms with Crippen molar-refractivity contribution in [1.29, 1.82) is 0 Å². The Labute approximate surface area is 81.1 Å². The predicted molar refractivity (Wildman–Crippen MR) is 51.4 cm³/mol. The number of carboxylic acid groups (broad SMARTS) is 1. The highest BCUT2D eigenvalue weighted by Gasteiger charge is 2.01. The molecule has 0 saturated carbocycles. The van der Waals surface area contributed by atoms with Gasteiger partial charge in [0.1, 0.15) is 0 Å². The smallest absolute Gasteiger partial charge is 0.304 e. The maximum absolute atomic E-state index is 10.9. The molecule has 0 aromatic heterocycles. The van der Waals surface area contributed by atoms with Crippen molar-refractivity contribution in [3.63, 3.8) is 0 Å². The van der Waals surface area contributed by atoms with Crippen LogP contribution in [0.25, 0.3) is 0 Å². The van der Waals surface area contributed by atoms with Gasteiger partial charge in [0.15, 0.2) is 0 Å². The van der Waals surface area contributed by atoms with Crippen molar-refractivity contribution in [2.24, 2.45) is 0 Å². The van der Waals surface area contributed by atoms with E-state index in [-0.39, 0.29) is 24.6 Å². The van der Waals surface area contributed by atoms with Gasteiger partial charge >= 0.3 is 5.97 Å². The monoisotopic (exact) mass is 201 g/mol. The highest BCUT2D eigenvalue weighted by atomic mass is 32.2. The second kappa shape index (κ2) is 7.50. The van der Waals surface area contributed by atoms with Crippen LogP contribution < -0.4 is 5.32 Å². The number of hydrogen-bond acceptors (Lipinski definition) is 3. The van der Waals surface area contributed by atoms with Crippen LogP contribution in [0.3, 0.4) is 0 Å². The molecule has 0 saturated heterocycles. The molecule has 72 valence electrons. The summed E-state index contributed by atoms with van der Waals surface area (Å²) in [5.74, 6) is 1.96. The average Bonchev–Trinajstić information content (AvgIpc) is 2.08. The Morgan fingerprint density at radius 3 is 2.77 bits per heavy atom. The summed E-state index contributed by atoms with van der Waals surface area (Å²) >= 11 is 1.28. The third kappa shape index (κ3) is 8.76. The highest BCUT2D eigenvalue weighted by Crippen LogP contribution is 2.01. The maximum Gasteiger partial charge on any atom is 0.304 e. The second-order valence-electron chi connectivity index (χ2n) is 2.18. The molecule has 0 spiro atoms. The number of rotatable bonds is 6. The van der Waals surface area contributed by atoms with Gasteiger partial charge in [-0.05, 0) is 0 Å². The van der Waals surface area contributed by atoms with Crippen molar-refractivity contribution in [3.8, 4) is 12.3 Å². The van der Waals surface area contributed by atoms with Gasteiger partial charge in [-0.15, -0.1) is 6.42 Å². The lowest BCUT2D eigenvalue weighted by Gasteiger charge is -1.99. The van der Waals surface area contributed by atoms with Gasteiger partial charge in [-0.1, -0.05) is 5.92 Å². The van der Waals surface area contributed by atoms with Gasteiger partial charge in [-0.2, -0.15) is 11.8 Å². The Morgan fingerprint density at radius 2 is 2.23 bits per heavy atom. The molecule has 0 rings (SSSR count). The molecule has 0 unspecified atom stereocenters. The molecule has 0 aliphatic carbocycles. The Balaban J connectivity index is 3.28. The molecule has 0 aliphatic rings. The Bertz CT molecular complexity index is 222. The molecule has 4 nitrogen and oxygen atoms in total. The topological polar surface area (TPSA) is 66.4 Å². The van der Waals surface area contributed by atoms with E-state index >= 15 is 0 Å². The third-order valence-corrected chi connectivity index (χ3v) is 2.04. The van der Waals surface area contributed by atoms with Crippen LogP contribution in [-0.2, 0) is 9.59 Å². The number of terminal acetylenes is 1. The fourth-order valence-electron chi connectivity index (χ4n) is 0.525. The maximum atomic E-state index is 10.9. The lowest BCUT2D eigenvalue weighted by Crippen LogP contribution is -2.25. The molecule has 0 bridgehead atoms. The minimum Gasteiger partial charge on any atom is -0.481 e. The lowest BCUT2D eigenvalue weighted by molar-refractivity contribution is -0.136. The number of thioether (sulfide) groups is 1. The summed E-state index contributed by atoms with van der Waals surface area (Å²) in [7, 11) is 0. The van der Waals surface area contributed by atoms with Crippen LogP contribution in [0.1, 0.15) is 6.42 Å². The highest BCUT2D eigenvalue weighted by molar-refractivity contribution is 7.99. The van der Waals surface area contributed by atoms with Crippen LogP contribution in [0.5, 0.6) is 0 Å². The van der Waals surface area contributed by atoms with E-state index in [4.69, 9.17) is 11.5 Å². The van der Waals surface area contributed by atoms with Crippen molar-refractivity contribution in [1.82, 2.24) is 5.32 Å². The van der Waals surface area contributed by atoms with E-state index in [1.165, 1.54) is 11.8 Å². The van der Waals surface area contributed by atoms with Gasteiger partial charge in [-0.25, -0.2) is 0 Å². The lowest BCUT2D eigenvalue weighted by atomic mass is 10.5. The number of hydrogen-bond donors (Lipinski definition) is 2. The average molecular weight is 201 g/mol. The van der Waals surface area contributed by atoms with E-state index < -0.39 is 5.97 Å². The first-order chi connectivity index (χ1) is 6.16. The molecule has 13 heavy (non-hydrogen) atoms. The van der Waals surface area contributed by atoms with E-state index in [0.717, 1.165) is 0 Å². The Morgan fingerprint density at radius 1 is 1.54 bits per heavy atom. The van der Waals surface area contributed by atoms with Crippen LogP contribution in [0.15, 0.2) is 0 Å².